The van der Waals surface area contributed by atoms with Gasteiger partial charge < -0.3 is 10.1 Å². The van der Waals surface area contributed by atoms with Crippen LogP contribution >= 0.6 is 0 Å². The zero-order chi connectivity index (χ0) is 24.6. The highest BCUT2D eigenvalue weighted by atomic mass is 16.6. The van der Waals surface area contributed by atoms with Gasteiger partial charge in [0.05, 0.1) is 23.2 Å². The summed E-state index contributed by atoms with van der Waals surface area (Å²) in [6, 6.07) is 25.4. The maximum Gasteiger partial charge on any atom is 0.343 e. The summed E-state index contributed by atoms with van der Waals surface area (Å²) in [7, 11) is 0. The Balaban J connectivity index is 1.27. The van der Waals surface area contributed by atoms with Crippen LogP contribution < -0.4 is 15.5 Å². The fourth-order valence-corrected chi connectivity index (χ4v) is 3.28. The number of benzene rings is 4. The molecule has 0 aliphatic carbocycles. The number of hydrogen-bond donors (Lipinski definition) is 2. The van der Waals surface area contributed by atoms with Gasteiger partial charge in [-0.2, -0.15) is 5.10 Å². The molecule has 9 nitrogen and oxygen atoms in total. The van der Waals surface area contributed by atoms with E-state index in [1.807, 2.05) is 42.5 Å². The molecule has 0 aliphatic rings. The highest BCUT2D eigenvalue weighted by molar-refractivity contribution is 5.95. The molecule has 0 atom stereocenters. The molecule has 0 saturated carbocycles. The van der Waals surface area contributed by atoms with Gasteiger partial charge in [-0.3, -0.25) is 14.9 Å². The molecule has 0 fully saturated rings. The van der Waals surface area contributed by atoms with E-state index in [0.29, 0.717) is 11.3 Å². The van der Waals surface area contributed by atoms with E-state index in [-0.39, 0.29) is 23.7 Å². The van der Waals surface area contributed by atoms with Crippen molar-refractivity contribution in [2.24, 2.45) is 5.10 Å². The van der Waals surface area contributed by atoms with E-state index in [1.165, 1.54) is 30.5 Å². The van der Waals surface area contributed by atoms with E-state index in [1.54, 1.807) is 24.3 Å². The van der Waals surface area contributed by atoms with E-state index in [9.17, 15) is 19.7 Å². The Kier molecular flexibility index (Phi) is 7.08. The first-order chi connectivity index (χ1) is 17.0. The van der Waals surface area contributed by atoms with Gasteiger partial charge >= 0.3 is 5.97 Å². The van der Waals surface area contributed by atoms with Crippen LogP contribution in [0.1, 0.15) is 15.9 Å². The molecule has 174 valence electrons. The quantitative estimate of drug-likeness (QED) is 0.129. The Morgan fingerprint density at radius 2 is 1.63 bits per heavy atom. The van der Waals surface area contributed by atoms with Crippen molar-refractivity contribution in [1.82, 2.24) is 5.43 Å². The van der Waals surface area contributed by atoms with Gasteiger partial charge in [0.15, 0.2) is 0 Å². The maximum atomic E-state index is 12.2. The Bertz CT molecular complexity index is 1390. The van der Waals surface area contributed by atoms with Gasteiger partial charge in [-0.25, -0.2) is 10.2 Å². The summed E-state index contributed by atoms with van der Waals surface area (Å²) in [5.41, 5.74) is 4.10. The fraction of sp³-hybridized carbons (Fsp3) is 0.0385. The lowest BCUT2D eigenvalue weighted by molar-refractivity contribution is -0.384. The number of carbonyl (C=O) groups excluding carboxylic acids is 2. The molecule has 4 aromatic carbocycles. The van der Waals surface area contributed by atoms with Crippen LogP contribution in [0.2, 0.25) is 0 Å². The standard InChI is InChI=1S/C26H20N4O5/c31-25(17-27-24-7-3-5-19-4-1-2-6-23(19)24)29-28-16-18-8-14-22(15-9-18)35-26(32)20-10-12-21(13-11-20)30(33)34/h1-16,27H,17H2,(H,29,31)/b28-16+. The van der Waals surface area contributed by atoms with Crippen LogP contribution in [0.3, 0.4) is 0 Å². The summed E-state index contributed by atoms with van der Waals surface area (Å²) in [5.74, 6) is -0.635. The summed E-state index contributed by atoms with van der Waals surface area (Å²) in [6.45, 7) is 0.0584. The minimum atomic E-state index is -0.632. The lowest BCUT2D eigenvalue weighted by Crippen LogP contribution is -2.25. The third kappa shape index (κ3) is 6.05. The van der Waals surface area contributed by atoms with E-state index >= 15 is 0 Å². The van der Waals surface area contributed by atoms with Crippen molar-refractivity contribution in [1.29, 1.82) is 0 Å². The van der Waals surface area contributed by atoms with Crippen LogP contribution in [0.15, 0.2) is 96.1 Å². The molecule has 35 heavy (non-hydrogen) atoms. The van der Waals surface area contributed by atoms with E-state index in [4.69, 9.17) is 4.74 Å². The molecular weight excluding hydrogens is 448 g/mol. The number of esters is 1. The van der Waals surface area contributed by atoms with Crippen molar-refractivity contribution in [2.45, 2.75) is 0 Å². The number of hydrogen-bond acceptors (Lipinski definition) is 7. The average Bonchev–Trinajstić information content (AvgIpc) is 2.88. The van der Waals surface area contributed by atoms with Gasteiger partial charge in [0.2, 0.25) is 0 Å². The highest BCUT2D eigenvalue weighted by Gasteiger charge is 2.11. The van der Waals surface area contributed by atoms with Gasteiger partial charge in [0.1, 0.15) is 5.75 Å². The first-order valence-corrected chi connectivity index (χ1v) is 10.6. The van der Waals surface area contributed by atoms with Gasteiger partial charge in [-0.05, 0) is 53.4 Å². The van der Waals surface area contributed by atoms with Crippen LogP contribution in [0.5, 0.6) is 5.75 Å². The number of rotatable bonds is 8. The molecule has 0 aromatic heterocycles. The minimum Gasteiger partial charge on any atom is -0.423 e. The van der Waals surface area contributed by atoms with Crippen molar-refractivity contribution >= 4 is 40.2 Å². The fourth-order valence-electron chi connectivity index (χ4n) is 3.28. The Labute approximate surface area is 200 Å². The van der Waals surface area contributed by atoms with Crippen molar-refractivity contribution in [3.63, 3.8) is 0 Å². The van der Waals surface area contributed by atoms with Crippen molar-refractivity contribution in [3.8, 4) is 5.75 Å². The summed E-state index contributed by atoms with van der Waals surface area (Å²) in [6.07, 6.45) is 1.47. The molecule has 0 bridgehead atoms. The molecule has 0 aliphatic heterocycles. The lowest BCUT2D eigenvalue weighted by atomic mass is 10.1. The Morgan fingerprint density at radius 3 is 2.37 bits per heavy atom. The maximum absolute atomic E-state index is 12.2. The zero-order valence-electron chi connectivity index (χ0n) is 18.4. The number of carbonyl (C=O) groups is 2. The predicted molar refractivity (Wildman–Crippen MR) is 133 cm³/mol. The molecule has 9 heteroatoms. The van der Waals surface area contributed by atoms with Gasteiger partial charge in [-0.1, -0.05) is 36.4 Å². The number of nitro benzene ring substituents is 1. The summed E-state index contributed by atoms with van der Waals surface area (Å²) >= 11 is 0. The number of hydrazone groups is 1. The molecule has 4 aromatic rings. The summed E-state index contributed by atoms with van der Waals surface area (Å²) < 4.78 is 5.27. The predicted octanol–water partition coefficient (Wildman–Crippen LogP) is 4.53. The van der Waals surface area contributed by atoms with E-state index < -0.39 is 10.9 Å². The second kappa shape index (κ2) is 10.7. The number of anilines is 1. The van der Waals surface area contributed by atoms with Crippen LogP contribution in [0, 0.1) is 10.1 Å². The third-order valence-electron chi connectivity index (χ3n) is 5.04. The van der Waals surface area contributed by atoms with Crippen LogP contribution in [-0.2, 0) is 4.79 Å². The largest absolute Gasteiger partial charge is 0.423 e. The Hall–Kier alpha value is -5.05. The number of nitro groups is 1. The summed E-state index contributed by atoms with van der Waals surface area (Å²) in [4.78, 5) is 34.5. The van der Waals surface area contributed by atoms with Gasteiger partial charge in [-0.15, -0.1) is 0 Å². The average molecular weight is 468 g/mol. The number of non-ortho nitro benzene ring substituents is 1. The number of nitrogens with one attached hydrogen (secondary N) is 2. The lowest BCUT2D eigenvalue weighted by Gasteiger charge is -2.08. The van der Waals surface area contributed by atoms with E-state index in [0.717, 1.165) is 16.5 Å². The van der Waals surface area contributed by atoms with Crippen LogP contribution in [0.4, 0.5) is 11.4 Å². The molecule has 0 spiro atoms. The monoisotopic (exact) mass is 468 g/mol. The molecular formula is C26H20N4O5. The molecule has 0 heterocycles. The van der Waals surface area contributed by atoms with Gasteiger partial charge in [0, 0.05) is 23.2 Å². The minimum absolute atomic E-state index is 0.0584. The molecule has 0 saturated heterocycles. The number of ether oxygens (including phenoxy) is 1. The van der Waals surface area contributed by atoms with E-state index in [2.05, 4.69) is 15.8 Å². The van der Waals surface area contributed by atoms with Gasteiger partial charge in [0.25, 0.3) is 11.6 Å². The smallest absolute Gasteiger partial charge is 0.343 e. The summed E-state index contributed by atoms with van der Waals surface area (Å²) in [5, 5.41) is 19.9. The molecule has 1 amide bonds. The number of fused-ring (bicyclic) bond motifs is 1. The molecule has 2 N–H and O–H groups in total. The second-order valence-electron chi connectivity index (χ2n) is 7.44. The normalized spacial score (nSPS) is 10.7. The molecule has 0 radical (unpaired) electrons. The van der Waals surface area contributed by atoms with Crippen LogP contribution in [0.25, 0.3) is 10.8 Å². The Morgan fingerprint density at radius 1 is 0.914 bits per heavy atom. The molecule has 4 rings (SSSR count). The SMILES string of the molecule is O=C(CNc1cccc2ccccc12)N/N=C/c1ccc(OC(=O)c2ccc([N+](=O)[O-])cc2)cc1. The number of nitrogens with zero attached hydrogens (tertiary/aromatic N) is 2. The first kappa shape index (κ1) is 23.1. The van der Waals surface area contributed by atoms with Crippen LogP contribution in [-0.4, -0.2) is 29.6 Å². The number of amides is 1. The van der Waals surface area contributed by atoms with Crippen molar-refractivity contribution in [2.75, 3.05) is 11.9 Å². The van der Waals surface area contributed by atoms with Crippen molar-refractivity contribution in [3.05, 3.63) is 112 Å². The first-order valence-electron chi connectivity index (χ1n) is 10.6. The third-order valence-corrected chi connectivity index (χ3v) is 5.04. The molecule has 0 unspecified atom stereocenters. The highest BCUT2D eigenvalue weighted by Crippen LogP contribution is 2.22. The van der Waals surface area contributed by atoms with Crippen molar-refractivity contribution < 1.29 is 19.2 Å². The second-order valence-corrected chi connectivity index (χ2v) is 7.44. The topological polar surface area (TPSA) is 123 Å². The zero-order valence-corrected chi connectivity index (χ0v) is 18.4.